The zero-order valence-electron chi connectivity index (χ0n) is 15.6. The molecular weight excluding hydrogens is 370 g/mol. The van der Waals surface area contributed by atoms with E-state index in [1.165, 1.54) is 19.3 Å². The van der Waals surface area contributed by atoms with Crippen LogP contribution in [0.5, 0.6) is 0 Å². The lowest BCUT2D eigenvalue weighted by atomic mass is 9.60. The van der Waals surface area contributed by atoms with Gasteiger partial charge in [0.05, 0.1) is 10.3 Å². The summed E-state index contributed by atoms with van der Waals surface area (Å²) >= 11 is 6.35. The molecule has 2 saturated carbocycles. The summed E-state index contributed by atoms with van der Waals surface area (Å²) in [6.07, 6.45) is 7.55. The van der Waals surface area contributed by atoms with E-state index in [1.54, 1.807) is 12.1 Å². The van der Waals surface area contributed by atoms with Crippen LogP contribution in [0, 0.1) is 5.41 Å². The zero-order valence-corrected chi connectivity index (χ0v) is 17.2. The van der Waals surface area contributed by atoms with Crippen LogP contribution in [0.3, 0.4) is 0 Å². The van der Waals surface area contributed by atoms with Gasteiger partial charge in [0, 0.05) is 5.41 Å². The number of halogens is 1. The first-order valence-corrected chi connectivity index (χ1v) is 11.4. The molecule has 2 aliphatic carbocycles. The van der Waals surface area contributed by atoms with E-state index in [9.17, 15) is 8.42 Å². The summed E-state index contributed by atoms with van der Waals surface area (Å²) in [6.45, 7) is 5.98. The second-order valence-corrected chi connectivity index (χ2v) is 11.7. The third kappa shape index (κ3) is 2.88. The quantitative estimate of drug-likeness (QED) is 0.657. The molecule has 0 radical (unpaired) electrons. The van der Waals surface area contributed by atoms with Gasteiger partial charge >= 0.3 is 0 Å². The average Bonchev–Trinajstić information content (AvgIpc) is 2.97. The van der Waals surface area contributed by atoms with Crippen molar-refractivity contribution in [2.24, 2.45) is 5.41 Å². The maximum absolute atomic E-state index is 13.4. The minimum atomic E-state index is -3.53. The number of fused-ring (bicyclic) bond motifs is 1. The molecule has 0 saturated heterocycles. The van der Waals surface area contributed by atoms with Gasteiger partial charge in [0.1, 0.15) is 10.4 Å². The largest absolute Gasteiger partial charge is 0.439 e. The van der Waals surface area contributed by atoms with Crippen LogP contribution in [0.2, 0.25) is 5.02 Å². The molecule has 0 amide bonds. The van der Waals surface area contributed by atoms with Crippen molar-refractivity contribution in [3.63, 3.8) is 0 Å². The molecule has 1 aromatic heterocycles. The average molecular weight is 396 g/mol. The molecule has 1 heterocycles. The molecule has 0 atom stereocenters. The van der Waals surface area contributed by atoms with E-state index in [2.05, 4.69) is 4.98 Å². The van der Waals surface area contributed by atoms with Gasteiger partial charge in [0.15, 0.2) is 15.4 Å². The Morgan fingerprint density at radius 1 is 1.15 bits per heavy atom. The van der Waals surface area contributed by atoms with Gasteiger partial charge in [-0.15, -0.1) is 0 Å². The lowest BCUT2D eigenvalue weighted by Gasteiger charge is -2.49. The number of benzene rings is 1. The van der Waals surface area contributed by atoms with E-state index >= 15 is 0 Å². The minimum absolute atomic E-state index is 0.135. The predicted octanol–water partition coefficient (Wildman–Crippen LogP) is 5.67. The lowest BCUT2D eigenvalue weighted by molar-refractivity contribution is 0.0812. The van der Waals surface area contributed by atoms with Gasteiger partial charge in [-0.3, -0.25) is 0 Å². The van der Waals surface area contributed by atoms with Crippen molar-refractivity contribution in [1.82, 2.24) is 4.98 Å². The highest BCUT2D eigenvalue weighted by atomic mass is 35.5. The number of nitrogens with zero attached hydrogens (tertiary/aromatic N) is 1. The van der Waals surface area contributed by atoms with Gasteiger partial charge < -0.3 is 4.42 Å². The molecule has 1 spiro atoms. The predicted molar refractivity (Wildman–Crippen MR) is 103 cm³/mol. The van der Waals surface area contributed by atoms with Gasteiger partial charge in [-0.25, -0.2) is 13.4 Å². The first-order chi connectivity index (χ1) is 12.1. The first kappa shape index (κ1) is 18.3. The Bertz CT molecular complexity index is 941. The molecule has 26 heavy (non-hydrogen) atoms. The molecule has 4 rings (SSSR count). The number of sulfone groups is 1. The highest BCUT2D eigenvalue weighted by Crippen LogP contribution is 2.55. The Balaban J connectivity index is 1.73. The van der Waals surface area contributed by atoms with Crippen LogP contribution in [-0.4, -0.2) is 18.7 Å². The van der Waals surface area contributed by atoms with Crippen molar-refractivity contribution in [2.75, 3.05) is 0 Å². The molecule has 1 aromatic carbocycles. The van der Waals surface area contributed by atoms with E-state index in [1.807, 2.05) is 20.8 Å². The van der Waals surface area contributed by atoms with E-state index in [-0.39, 0.29) is 26.0 Å². The van der Waals surface area contributed by atoms with E-state index in [0.29, 0.717) is 17.0 Å². The Kier molecular flexibility index (Phi) is 4.20. The number of oxazole rings is 1. The Morgan fingerprint density at radius 3 is 2.42 bits per heavy atom. The Morgan fingerprint density at radius 2 is 1.81 bits per heavy atom. The molecule has 142 valence electrons. The summed E-state index contributed by atoms with van der Waals surface area (Å²) in [5.74, 6) is 0.531. The van der Waals surface area contributed by atoms with Crippen molar-refractivity contribution < 1.29 is 12.8 Å². The lowest BCUT2D eigenvalue weighted by Crippen LogP contribution is -2.46. The van der Waals surface area contributed by atoms with Crippen LogP contribution in [-0.2, 0) is 15.3 Å². The normalized spacial score (nSPS) is 21.2. The fourth-order valence-electron chi connectivity index (χ4n) is 4.53. The summed E-state index contributed by atoms with van der Waals surface area (Å²) in [5, 5.41) is -0.120. The highest BCUT2D eigenvalue weighted by Gasteiger charge is 2.51. The first-order valence-electron chi connectivity index (χ1n) is 9.46. The monoisotopic (exact) mass is 395 g/mol. The number of hydrogen-bond acceptors (Lipinski definition) is 4. The topological polar surface area (TPSA) is 60.2 Å². The number of aromatic nitrogens is 1. The summed E-state index contributed by atoms with van der Waals surface area (Å²) < 4.78 is 32.6. The van der Waals surface area contributed by atoms with Crippen LogP contribution < -0.4 is 0 Å². The maximum atomic E-state index is 13.4. The van der Waals surface area contributed by atoms with Crippen LogP contribution in [0.1, 0.15) is 71.6 Å². The molecule has 2 aliphatic rings. The number of rotatable bonds is 2. The standard InChI is InChI=1S/C20H26ClNO3S/c1-19(2,3)18-22-15-8-7-14(21)17(16(15)25-18)26(23,24)13-11-20(12-13)9-5-4-6-10-20/h7-8,13H,4-6,9-12H2,1-3H3. The van der Waals surface area contributed by atoms with Crippen LogP contribution in [0.15, 0.2) is 21.4 Å². The summed E-state index contributed by atoms with van der Waals surface area (Å²) in [4.78, 5) is 4.63. The second kappa shape index (κ2) is 5.96. The molecule has 2 fully saturated rings. The van der Waals surface area contributed by atoms with Gasteiger partial charge in [0.25, 0.3) is 0 Å². The SMILES string of the molecule is CC(C)(C)c1nc2ccc(Cl)c(S(=O)(=O)C3CC4(CCCCC4)C3)c2o1. The molecule has 6 heteroatoms. The zero-order chi connectivity index (χ0) is 18.7. The summed E-state index contributed by atoms with van der Waals surface area (Å²) in [5.41, 5.74) is 0.820. The van der Waals surface area contributed by atoms with E-state index in [0.717, 1.165) is 25.7 Å². The Hall–Kier alpha value is -1.07. The van der Waals surface area contributed by atoms with Crippen molar-refractivity contribution in [2.45, 2.75) is 81.3 Å². The smallest absolute Gasteiger partial charge is 0.200 e. The van der Waals surface area contributed by atoms with E-state index in [4.69, 9.17) is 16.0 Å². The Labute approximate surface area is 160 Å². The van der Waals surface area contributed by atoms with Gasteiger partial charge in [-0.05, 0) is 43.2 Å². The van der Waals surface area contributed by atoms with E-state index < -0.39 is 9.84 Å². The minimum Gasteiger partial charge on any atom is -0.439 e. The van der Waals surface area contributed by atoms with Crippen molar-refractivity contribution in [3.05, 3.63) is 23.0 Å². The maximum Gasteiger partial charge on any atom is 0.200 e. The molecule has 0 N–H and O–H groups in total. The molecule has 0 unspecified atom stereocenters. The summed E-state index contributed by atoms with van der Waals surface area (Å²) in [7, 11) is -3.53. The van der Waals surface area contributed by atoms with Crippen molar-refractivity contribution in [1.29, 1.82) is 0 Å². The third-order valence-corrected chi connectivity index (χ3v) is 8.68. The second-order valence-electron chi connectivity index (χ2n) is 9.13. The van der Waals surface area contributed by atoms with Gasteiger partial charge in [-0.1, -0.05) is 51.6 Å². The summed E-state index contributed by atoms with van der Waals surface area (Å²) in [6, 6.07) is 3.36. The molecule has 2 aromatic rings. The fourth-order valence-corrected chi connectivity index (χ4v) is 7.23. The van der Waals surface area contributed by atoms with Gasteiger partial charge in [-0.2, -0.15) is 0 Å². The molecule has 0 bridgehead atoms. The van der Waals surface area contributed by atoms with Gasteiger partial charge in [0.2, 0.25) is 5.89 Å². The molecular formula is C20H26ClNO3S. The van der Waals surface area contributed by atoms with Crippen LogP contribution >= 0.6 is 11.6 Å². The van der Waals surface area contributed by atoms with Crippen LogP contribution in [0.4, 0.5) is 0 Å². The molecule has 0 aliphatic heterocycles. The van der Waals surface area contributed by atoms with Crippen LogP contribution in [0.25, 0.3) is 11.1 Å². The fraction of sp³-hybridized carbons (Fsp3) is 0.650. The number of hydrogen-bond donors (Lipinski definition) is 0. The third-order valence-electron chi connectivity index (χ3n) is 6.06. The van der Waals surface area contributed by atoms with Crippen molar-refractivity contribution >= 4 is 32.5 Å². The molecule has 4 nitrogen and oxygen atoms in total. The highest BCUT2D eigenvalue weighted by molar-refractivity contribution is 7.92. The van der Waals surface area contributed by atoms with Crippen molar-refractivity contribution in [3.8, 4) is 0 Å².